The average Bonchev–Trinajstić information content (AvgIpc) is 2.74. The van der Waals surface area contributed by atoms with E-state index < -0.39 is 18.0 Å². The summed E-state index contributed by atoms with van der Waals surface area (Å²) in [6.45, 7) is 5.47. The summed E-state index contributed by atoms with van der Waals surface area (Å²) in [6, 6.07) is 16.5. The molecule has 0 aliphatic rings. The van der Waals surface area contributed by atoms with Crippen LogP contribution in [0.5, 0.6) is 0 Å². The predicted octanol–water partition coefficient (Wildman–Crippen LogP) is 3.94. The number of hydrogen-bond acceptors (Lipinski definition) is 5. The normalized spacial score (nSPS) is 11.2. The van der Waals surface area contributed by atoms with Gasteiger partial charge < -0.3 is 9.47 Å². The van der Waals surface area contributed by atoms with Crippen molar-refractivity contribution in [3.05, 3.63) is 78.4 Å². The van der Waals surface area contributed by atoms with Gasteiger partial charge in [-0.25, -0.2) is 4.79 Å². The monoisotopic (exact) mass is 395 g/mol. The number of amides is 1. The van der Waals surface area contributed by atoms with Gasteiger partial charge in [-0.1, -0.05) is 48.5 Å². The molecule has 152 valence electrons. The van der Waals surface area contributed by atoms with E-state index in [9.17, 15) is 14.4 Å². The van der Waals surface area contributed by atoms with Crippen LogP contribution in [0.4, 0.5) is 10.5 Å². The Balaban J connectivity index is 2.16. The molecule has 1 unspecified atom stereocenters. The fourth-order valence-corrected chi connectivity index (χ4v) is 2.83. The molecule has 29 heavy (non-hydrogen) atoms. The van der Waals surface area contributed by atoms with E-state index in [1.807, 2.05) is 30.3 Å². The smallest absolute Gasteiger partial charge is 0.414 e. The van der Waals surface area contributed by atoms with E-state index in [0.29, 0.717) is 5.69 Å². The number of ether oxygens (including phenoxy) is 2. The second-order valence-electron chi connectivity index (χ2n) is 6.50. The molecular formula is C23H25NO5. The van der Waals surface area contributed by atoms with Crippen LogP contribution < -0.4 is 4.90 Å². The van der Waals surface area contributed by atoms with E-state index in [2.05, 4.69) is 6.58 Å². The summed E-state index contributed by atoms with van der Waals surface area (Å²) in [5, 5.41) is 0. The van der Waals surface area contributed by atoms with Gasteiger partial charge in [0.25, 0.3) is 0 Å². The minimum absolute atomic E-state index is 0.155. The molecule has 0 saturated carbocycles. The Labute approximate surface area is 170 Å². The van der Waals surface area contributed by atoms with Crippen molar-refractivity contribution in [2.45, 2.75) is 20.0 Å². The Hall–Kier alpha value is -3.41. The van der Waals surface area contributed by atoms with Crippen LogP contribution in [0, 0.1) is 5.92 Å². The fraction of sp³-hybridized carbons (Fsp3) is 0.261. The van der Waals surface area contributed by atoms with Crippen LogP contribution in [-0.2, 0) is 32.1 Å². The second kappa shape index (κ2) is 10.8. The van der Waals surface area contributed by atoms with Crippen molar-refractivity contribution in [3.8, 4) is 0 Å². The summed E-state index contributed by atoms with van der Waals surface area (Å²) in [4.78, 5) is 37.7. The lowest BCUT2D eigenvalue weighted by Crippen LogP contribution is -2.31. The molecule has 2 rings (SSSR count). The first kappa shape index (κ1) is 21.9. The van der Waals surface area contributed by atoms with E-state index >= 15 is 0 Å². The summed E-state index contributed by atoms with van der Waals surface area (Å²) < 4.78 is 10.1. The van der Waals surface area contributed by atoms with Crippen LogP contribution in [0.1, 0.15) is 18.1 Å². The van der Waals surface area contributed by atoms with Crippen molar-refractivity contribution in [1.82, 2.24) is 0 Å². The topological polar surface area (TPSA) is 72.9 Å². The lowest BCUT2D eigenvalue weighted by molar-refractivity contribution is -0.148. The van der Waals surface area contributed by atoms with Gasteiger partial charge in [-0.3, -0.25) is 14.5 Å². The number of esters is 1. The molecule has 0 fully saturated rings. The molecule has 0 aliphatic heterocycles. The first-order valence-electron chi connectivity index (χ1n) is 9.22. The molecule has 0 saturated heterocycles. The van der Waals surface area contributed by atoms with Gasteiger partial charge in [0.2, 0.25) is 0 Å². The fourth-order valence-electron chi connectivity index (χ4n) is 2.83. The predicted molar refractivity (Wildman–Crippen MR) is 111 cm³/mol. The zero-order chi connectivity index (χ0) is 21.2. The summed E-state index contributed by atoms with van der Waals surface area (Å²) >= 11 is 0. The zero-order valence-corrected chi connectivity index (χ0v) is 16.7. The lowest BCUT2D eigenvalue weighted by atomic mass is 9.95. The van der Waals surface area contributed by atoms with Crippen LogP contribution in [0.2, 0.25) is 0 Å². The molecule has 1 amide bonds. The number of anilines is 1. The Morgan fingerprint density at radius 2 is 1.76 bits per heavy atom. The van der Waals surface area contributed by atoms with Gasteiger partial charge in [0.05, 0.1) is 7.11 Å². The number of ketones is 1. The molecule has 0 heterocycles. The number of methoxy groups -OCH3 is 1. The molecule has 0 radical (unpaired) electrons. The van der Waals surface area contributed by atoms with E-state index in [1.165, 1.54) is 18.9 Å². The number of rotatable bonds is 9. The third kappa shape index (κ3) is 6.31. The molecule has 2 aromatic rings. The standard InChI is InChI=1S/C23H25NO5/c1-4-13-24(23(27)29-16-18-9-6-5-7-10-18)20-12-8-11-19(14-20)15-21(17(2)25)22(26)28-3/h4-12,14,21H,1,13,15-16H2,2-3H3. The second-order valence-corrected chi connectivity index (χ2v) is 6.50. The van der Waals surface area contributed by atoms with E-state index in [4.69, 9.17) is 9.47 Å². The minimum Gasteiger partial charge on any atom is -0.468 e. The maximum atomic E-state index is 12.6. The highest BCUT2D eigenvalue weighted by Crippen LogP contribution is 2.21. The molecule has 0 bridgehead atoms. The summed E-state index contributed by atoms with van der Waals surface area (Å²) in [5.41, 5.74) is 2.21. The van der Waals surface area contributed by atoms with E-state index in [1.54, 1.807) is 30.3 Å². The third-order valence-electron chi connectivity index (χ3n) is 4.38. The lowest BCUT2D eigenvalue weighted by Gasteiger charge is -2.22. The first-order chi connectivity index (χ1) is 14.0. The highest BCUT2D eigenvalue weighted by molar-refractivity contribution is 5.98. The molecule has 0 aliphatic carbocycles. The van der Waals surface area contributed by atoms with Gasteiger partial charge in [-0.15, -0.1) is 6.58 Å². The molecule has 0 aromatic heterocycles. The van der Waals surface area contributed by atoms with Crippen LogP contribution >= 0.6 is 0 Å². The number of carbonyl (C=O) groups is 3. The third-order valence-corrected chi connectivity index (χ3v) is 4.38. The maximum absolute atomic E-state index is 12.6. The van der Waals surface area contributed by atoms with Crippen molar-refractivity contribution in [3.63, 3.8) is 0 Å². The van der Waals surface area contributed by atoms with Crippen molar-refractivity contribution in [2.75, 3.05) is 18.6 Å². The molecule has 6 heteroatoms. The Bertz CT molecular complexity index is 863. The van der Waals surface area contributed by atoms with Crippen molar-refractivity contribution < 1.29 is 23.9 Å². The molecule has 1 atom stereocenters. The molecular weight excluding hydrogens is 370 g/mol. The average molecular weight is 395 g/mol. The molecule has 2 aromatic carbocycles. The van der Waals surface area contributed by atoms with Gasteiger partial charge in [0, 0.05) is 12.2 Å². The molecule has 0 N–H and O–H groups in total. The van der Waals surface area contributed by atoms with Gasteiger partial charge in [-0.2, -0.15) is 0 Å². The number of carbonyl (C=O) groups excluding carboxylic acids is 3. The molecule has 6 nitrogen and oxygen atoms in total. The van der Waals surface area contributed by atoms with Crippen LogP contribution in [0.25, 0.3) is 0 Å². The quantitative estimate of drug-likeness (QED) is 0.365. The van der Waals surface area contributed by atoms with Gasteiger partial charge in [0.15, 0.2) is 0 Å². The van der Waals surface area contributed by atoms with Gasteiger partial charge in [0.1, 0.15) is 18.3 Å². The summed E-state index contributed by atoms with van der Waals surface area (Å²) in [6.07, 6.45) is 1.28. The highest BCUT2D eigenvalue weighted by atomic mass is 16.6. The number of benzene rings is 2. The van der Waals surface area contributed by atoms with Gasteiger partial charge >= 0.3 is 12.1 Å². The highest BCUT2D eigenvalue weighted by Gasteiger charge is 2.25. The SMILES string of the molecule is C=CCN(C(=O)OCc1ccccc1)c1cccc(CC(C(C)=O)C(=O)OC)c1. The van der Waals surface area contributed by atoms with E-state index in [0.717, 1.165) is 11.1 Å². The zero-order valence-electron chi connectivity index (χ0n) is 16.7. The largest absolute Gasteiger partial charge is 0.468 e. The van der Waals surface area contributed by atoms with E-state index in [-0.39, 0.29) is 25.4 Å². The van der Waals surface area contributed by atoms with Crippen molar-refractivity contribution in [2.24, 2.45) is 5.92 Å². The maximum Gasteiger partial charge on any atom is 0.414 e. The Morgan fingerprint density at radius 3 is 2.38 bits per heavy atom. The minimum atomic E-state index is -0.881. The number of Topliss-reactive ketones (excluding diaryl/α,β-unsaturated/α-hetero) is 1. The number of nitrogens with zero attached hydrogens (tertiary/aromatic N) is 1. The Kier molecular flexibility index (Phi) is 8.15. The first-order valence-corrected chi connectivity index (χ1v) is 9.22. The number of hydrogen-bond donors (Lipinski definition) is 0. The van der Waals surface area contributed by atoms with Crippen molar-refractivity contribution >= 4 is 23.5 Å². The van der Waals surface area contributed by atoms with Crippen molar-refractivity contribution in [1.29, 1.82) is 0 Å². The summed E-state index contributed by atoms with van der Waals surface area (Å²) in [7, 11) is 1.25. The van der Waals surface area contributed by atoms with Gasteiger partial charge in [-0.05, 0) is 36.6 Å². The van der Waals surface area contributed by atoms with Crippen LogP contribution in [0.15, 0.2) is 67.3 Å². The van der Waals surface area contributed by atoms with Crippen LogP contribution in [0.3, 0.4) is 0 Å². The van der Waals surface area contributed by atoms with Crippen LogP contribution in [-0.4, -0.2) is 31.5 Å². The Morgan fingerprint density at radius 1 is 1.07 bits per heavy atom. The molecule has 0 spiro atoms. The summed E-state index contributed by atoms with van der Waals surface area (Å²) in [5.74, 6) is -1.73.